The largest absolute Gasteiger partial charge is 0.328 e. The van der Waals surface area contributed by atoms with Crippen molar-refractivity contribution in [2.24, 2.45) is 0 Å². The molecule has 2 aliphatic heterocycles. The van der Waals surface area contributed by atoms with E-state index in [9.17, 15) is 8.42 Å². The Labute approximate surface area is 138 Å². The van der Waals surface area contributed by atoms with Gasteiger partial charge in [-0.15, -0.1) is 0 Å². The average molecular weight is 342 g/mol. The Hall–Kier alpha value is -1.00. The predicted molar refractivity (Wildman–Crippen MR) is 88.0 cm³/mol. The maximum absolute atomic E-state index is 12.3. The minimum Gasteiger partial charge on any atom is -0.328 e. The lowest BCUT2D eigenvalue weighted by Crippen LogP contribution is -2.45. The molecule has 0 amide bonds. The summed E-state index contributed by atoms with van der Waals surface area (Å²) in [5.41, 5.74) is 1.19. The summed E-state index contributed by atoms with van der Waals surface area (Å²) in [6, 6.07) is 0. The molecule has 9 heteroatoms. The summed E-state index contributed by atoms with van der Waals surface area (Å²) in [6.45, 7) is 6.73. The van der Waals surface area contributed by atoms with Crippen molar-refractivity contribution in [2.45, 2.75) is 19.6 Å². The molecule has 0 atom stereocenters. The standard InChI is InChI=1S/C14H26N6O2S/c1-16(2)23(21,22)19-8-9-20-13(10-15-14(20)12-19)11-18-6-4-17(3)5-7-18/h10H,4-9,11-12H2,1-3H3. The highest BCUT2D eigenvalue weighted by Gasteiger charge is 2.30. The van der Waals surface area contributed by atoms with Gasteiger partial charge in [-0.25, -0.2) is 4.98 Å². The van der Waals surface area contributed by atoms with E-state index in [1.165, 1.54) is 14.3 Å². The van der Waals surface area contributed by atoms with Crippen LogP contribution in [0.5, 0.6) is 0 Å². The van der Waals surface area contributed by atoms with Crippen LogP contribution in [0.2, 0.25) is 0 Å². The molecule has 0 bridgehead atoms. The van der Waals surface area contributed by atoms with Gasteiger partial charge >= 0.3 is 0 Å². The molecule has 0 unspecified atom stereocenters. The zero-order chi connectivity index (χ0) is 16.6. The Kier molecular flexibility index (Phi) is 4.75. The minimum atomic E-state index is -3.37. The van der Waals surface area contributed by atoms with Gasteiger partial charge in [0.15, 0.2) is 0 Å². The molecule has 0 saturated carbocycles. The fraction of sp³-hybridized carbons (Fsp3) is 0.786. The number of hydrogen-bond donors (Lipinski definition) is 0. The highest BCUT2D eigenvalue weighted by atomic mass is 32.2. The zero-order valence-electron chi connectivity index (χ0n) is 14.1. The molecular formula is C14H26N6O2S. The van der Waals surface area contributed by atoms with Gasteiger partial charge in [-0.3, -0.25) is 4.90 Å². The van der Waals surface area contributed by atoms with E-state index < -0.39 is 10.2 Å². The van der Waals surface area contributed by atoms with Crippen LogP contribution in [0.25, 0.3) is 0 Å². The van der Waals surface area contributed by atoms with Crippen LogP contribution < -0.4 is 0 Å². The van der Waals surface area contributed by atoms with E-state index in [2.05, 4.69) is 26.4 Å². The number of nitrogens with zero attached hydrogens (tertiary/aromatic N) is 6. The molecule has 0 aromatic carbocycles. The van der Waals surface area contributed by atoms with E-state index in [0.29, 0.717) is 19.6 Å². The van der Waals surface area contributed by atoms with E-state index in [-0.39, 0.29) is 0 Å². The van der Waals surface area contributed by atoms with Crippen molar-refractivity contribution in [1.82, 2.24) is 28.0 Å². The van der Waals surface area contributed by atoms with Crippen LogP contribution in [0, 0.1) is 0 Å². The van der Waals surface area contributed by atoms with Gasteiger partial charge in [0.2, 0.25) is 0 Å². The Morgan fingerprint density at radius 3 is 2.48 bits per heavy atom. The van der Waals surface area contributed by atoms with Crippen molar-refractivity contribution in [3.8, 4) is 0 Å². The molecule has 23 heavy (non-hydrogen) atoms. The predicted octanol–water partition coefficient (Wildman–Crippen LogP) is -0.747. The lowest BCUT2D eigenvalue weighted by molar-refractivity contribution is 0.144. The molecule has 0 aliphatic carbocycles. The van der Waals surface area contributed by atoms with Gasteiger partial charge in [0.1, 0.15) is 5.82 Å². The number of piperazine rings is 1. The summed E-state index contributed by atoms with van der Waals surface area (Å²) in [7, 11) is 1.91. The molecule has 1 aromatic rings. The Morgan fingerprint density at radius 1 is 1.13 bits per heavy atom. The molecule has 2 aliphatic rings. The van der Waals surface area contributed by atoms with Gasteiger partial charge in [-0.2, -0.15) is 17.0 Å². The van der Waals surface area contributed by atoms with Crippen molar-refractivity contribution >= 4 is 10.2 Å². The maximum Gasteiger partial charge on any atom is 0.281 e. The van der Waals surface area contributed by atoms with E-state index >= 15 is 0 Å². The van der Waals surface area contributed by atoms with Crippen LogP contribution in [0.3, 0.4) is 0 Å². The highest BCUT2D eigenvalue weighted by molar-refractivity contribution is 7.86. The van der Waals surface area contributed by atoms with Crippen LogP contribution in [0.1, 0.15) is 11.5 Å². The fourth-order valence-electron chi connectivity index (χ4n) is 3.09. The molecule has 3 rings (SSSR count). The summed E-state index contributed by atoms with van der Waals surface area (Å²) in [4.78, 5) is 9.24. The van der Waals surface area contributed by atoms with Crippen LogP contribution in [0.15, 0.2) is 6.20 Å². The van der Waals surface area contributed by atoms with Crippen molar-refractivity contribution in [3.63, 3.8) is 0 Å². The summed E-state index contributed by atoms with van der Waals surface area (Å²) < 4.78 is 29.4. The smallest absolute Gasteiger partial charge is 0.281 e. The van der Waals surface area contributed by atoms with Gasteiger partial charge in [0.05, 0.1) is 12.2 Å². The number of likely N-dealkylation sites (N-methyl/N-ethyl adjacent to an activating group) is 1. The summed E-state index contributed by atoms with van der Waals surface area (Å²) in [5.74, 6) is 0.839. The van der Waals surface area contributed by atoms with Crippen molar-refractivity contribution < 1.29 is 8.42 Å². The van der Waals surface area contributed by atoms with Crippen LogP contribution in [-0.4, -0.2) is 90.2 Å². The van der Waals surface area contributed by atoms with Gasteiger partial charge in [-0.1, -0.05) is 0 Å². The third-order valence-electron chi connectivity index (χ3n) is 4.68. The first-order valence-electron chi connectivity index (χ1n) is 7.99. The third kappa shape index (κ3) is 3.43. The number of aromatic nitrogens is 2. The van der Waals surface area contributed by atoms with E-state index in [1.54, 1.807) is 14.1 Å². The first kappa shape index (κ1) is 16.8. The fourth-order valence-corrected chi connectivity index (χ4v) is 4.14. The molecule has 1 aromatic heterocycles. The molecule has 0 radical (unpaired) electrons. The highest BCUT2D eigenvalue weighted by Crippen LogP contribution is 2.19. The Bertz CT molecular complexity index is 648. The molecule has 0 N–H and O–H groups in total. The molecule has 1 saturated heterocycles. The van der Waals surface area contributed by atoms with E-state index in [4.69, 9.17) is 0 Å². The van der Waals surface area contributed by atoms with Crippen LogP contribution in [0.4, 0.5) is 0 Å². The SMILES string of the molecule is CN1CCN(Cc2cnc3n2CCN(S(=O)(=O)N(C)C)C3)CC1. The maximum atomic E-state index is 12.3. The van der Waals surface area contributed by atoms with Gasteiger partial charge in [-0.05, 0) is 7.05 Å². The molecule has 130 valence electrons. The topological polar surface area (TPSA) is 64.9 Å². The lowest BCUT2D eigenvalue weighted by atomic mass is 10.3. The normalized spacial score (nSPS) is 21.7. The minimum absolute atomic E-state index is 0.350. The number of fused-ring (bicyclic) bond motifs is 1. The van der Waals surface area contributed by atoms with E-state index in [0.717, 1.165) is 38.5 Å². The molecule has 0 spiro atoms. The molecule has 1 fully saturated rings. The van der Waals surface area contributed by atoms with Crippen LogP contribution in [-0.2, 0) is 29.8 Å². The number of hydrogen-bond acceptors (Lipinski definition) is 5. The summed E-state index contributed by atoms with van der Waals surface area (Å²) in [6.07, 6.45) is 1.90. The monoisotopic (exact) mass is 342 g/mol. The second-order valence-corrected chi connectivity index (χ2v) is 8.66. The van der Waals surface area contributed by atoms with Gasteiger partial charge < -0.3 is 9.47 Å². The van der Waals surface area contributed by atoms with Crippen LogP contribution >= 0.6 is 0 Å². The summed E-state index contributed by atoms with van der Waals surface area (Å²) in [5, 5.41) is 0. The Morgan fingerprint density at radius 2 is 1.83 bits per heavy atom. The quantitative estimate of drug-likeness (QED) is 0.721. The average Bonchev–Trinajstić information content (AvgIpc) is 2.91. The second kappa shape index (κ2) is 6.48. The summed E-state index contributed by atoms with van der Waals surface area (Å²) >= 11 is 0. The van der Waals surface area contributed by atoms with E-state index in [1.807, 2.05) is 6.20 Å². The molecular weight excluding hydrogens is 316 g/mol. The van der Waals surface area contributed by atoms with Crippen molar-refractivity contribution in [2.75, 3.05) is 53.9 Å². The van der Waals surface area contributed by atoms with Gasteiger partial charge in [0, 0.05) is 66.1 Å². The van der Waals surface area contributed by atoms with Gasteiger partial charge in [0.25, 0.3) is 10.2 Å². The number of rotatable bonds is 4. The molecule has 3 heterocycles. The van der Waals surface area contributed by atoms with Crippen molar-refractivity contribution in [3.05, 3.63) is 17.7 Å². The number of imidazole rings is 1. The second-order valence-electron chi connectivity index (χ2n) is 6.52. The van der Waals surface area contributed by atoms with Crippen molar-refractivity contribution in [1.29, 1.82) is 0 Å². The first-order valence-corrected chi connectivity index (χ1v) is 9.39. The third-order valence-corrected chi connectivity index (χ3v) is 6.57. The lowest BCUT2D eigenvalue weighted by Gasteiger charge is -2.33. The zero-order valence-corrected chi connectivity index (χ0v) is 15.0. The molecule has 8 nitrogen and oxygen atoms in total. The first-order chi connectivity index (χ1) is 10.9. The Balaban J connectivity index is 1.69.